The van der Waals surface area contributed by atoms with Gasteiger partial charge in [-0.25, -0.2) is 0 Å². The second-order valence-electron chi connectivity index (χ2n) is 5.16. The van der Waals surface area contributed by atoms with Gasteiger partial charge in [-0.3, -0.25) is 14.8 Å². The summed E-state index contributed by atoms with van der Waals surface area (Å²) in [6.45, 7) is 3.97. The molecule has 0 fully saturated rings. The lowest BCUT2D eigenvalue weighted by molar-refractivity contribution is -0.386. The number of hydrogen-bond acceptors (Lipinski definition) is 5. The summed E-state index contributed by atoms with van der Waals surface area (Å²) in [4.78, 5) is 10.5. The molecule has 0 aliphatic heterocycles. The summed E-state index contributed by atoms with van der Waals surface area (Å²) in [5, 5.41) is 28.3. The Morgan fingerprint density at radius 2 is 2.20 bits per heavy atom. The Balaban J connectivity index is 1.92. The van der Waals surface area contributed by atoms with Crippen LogP contribution in [0.1, 0.15) is 24.2 Å². The predicted molar refractivity (Wildman–Crippen MR) is 74.5 cm³/mol. The molecule has 1 heterocycles. The van der Waals surface area contributed by atoms with E-state index in [2.05, 4.69) is 22.6 Å². The molecule has 1 aliphatic carbocycles. The average molecular weight is 280 g/mol. The van der Waals surface area contributed by atoms with E-state index in [4.69, 9.17) is 0 Å². The van der Waals surface area contributed by atoms with E-state index in [1.54, 1.807) is 13.8 Å². The van der Waals surface area contributed by atoms with E-state index in [9.17, 15) is 15.2 Å². The van der Waals surface area contributed by atoms with Crippen molar-refractivity contribution < 1.29 is 10.0 Å². The molecule has 1 aromatic heterocycles. The molecule has 110 valence electrons. The molecule has 1 aliphatic rings. The SMILES string of the molecule is Cc1nn(CC(O)CNC2CC=CC2)c(C)c1[N+](=O)[O-]. The number of aromatic nitrogens is 2. The number of rotatable bonds is 6. The number of aryl methyl sites for hydroxylation is 1. The van der Waals surface area contributed by atoms with Crippen molar-refractivity contribution in [3.63, 3.8) is 0 Å². The van der Waals surface area contributed by atoms with E-state index < -0.39 is 11.0 Å². The lowest BCUT2D eigenvalue weighted by Gasteiger charge is -2.16. The zero-order valence-electron chi connectivity index (χ0n) is 11.7. The summed E-state index contributed by atoms with van der Waals surface area (Å²) in [5.41, 5.74) is 0.895. The van der Waals surface area contributed by atoms with Crippen LogP contribution in [0.2, 0.25) is 0 Å². The van der Waals surface area contributed by atoms with Crippen molar-refractivity contribution in [2.75, 3.05) is 6.54 Å². The fourth-order valence-electron chi connectivity index (χ4n) is 2.48. The van der Waals surface area contributed by atoms with Gasteiger partial charge in [-0.15, -0.1) is 0 Å². The van der Waals surface area contributed by atoms with Crippen molar-refractivity contribution in [1.82, 2.24) is 15.1 Å². The smallest absolute Gasteiger partial charge is 0.312 e. The largest absolute Gasteiger partial charge is 0.390 e. The molecule has 0 bridgehead atoms. The van der Waals surface area contributed by atoms with Crippen LogP contribution in [-0.4, -0.2) is 38.5 Å². The molecule has 2 rings (SSSR count). The van der Waals surface area contributed by atoms with Crippen molar-refractivity contribution in [2.45, 2.75) is 45.4 Å². The molecular weight excluding hydrogens is 260 g/mol. The van der Waals surface area contributed by atoms with E-state index >= 15 is 0 Å². The lowest BCUT2D eigenvalue weighted by atomic mass is 10.2. The van der Waals surface area contributed by atoms with Gasteiger partial charge < -0.3 is 10.4 Å². The number of nitrogens with one attached hydrogen (secondary N) is 1. The normalized spacial score (nSPS) is 16.8. The quantitative estimate of drug-likeness (QED) is 0.462. The highest BCUT2D eigenvalue weighted by molar-refractivity contribution is 5.39. The maximum absolute atomic E-state index is 10.9. The third-order valence-corrected chi connectivity index (χ3v) is 3.56. The van der Waals surface area contributed by atoms with Crippen molar-refractivity contribution in [3.05, 3.63) is 33.7 Å². The molecule has 0 saturated carbocycles. The number of nitro groups is 1. The van der Waals surface area contributed by atoms with Crippen LogP contribution in [0.15, 0.2) is 12.2 Å². The van der Waals surface area contributed by atoms with Gasteiger partial charge in [0, 0.05) is 12.6 Å². The highest BCUT2D eigenvalue weighted by Crippen LogP contribution is 2.21. The van der Waals surface area contributed by atoms with Gasteiger partial charge in [-0.05, 0) is 26.7 Å². The zero-order valence-corrected chi connectivity index (χ0v) is 11.7. The van der Waals surface area contributed by atoms with Crippen LogP contribution < -0.4 is 5.32 Å². The standard InChI is InChI=1S/C13H20N4O3/c1-9-13(17(19)20)10(2)16(15-9)8-12(18)7-14-11-5-3-4-6-11/h3-4,11-12,14,18H,5-8H2,1-2H3. The Morgan fingerprint density at radius 3 is 2.75 bits per heavy atom. The first-order valence-corrected chi connectivity index (χ1v) is 6.74. The topological polar surface area (TPSA) is 93.2 Å². The summed E-state index contributed by atoms with van der Waals surface area (Å²) in [5.74, 6) is 0. The molecule has 0 aromatic carbocycles. The van der Waals surface area contributed by atoms with Gasteiger partial charge >= 0.3 is 5.69 Å². The molecule has 7 nitrogen and oxygen atoms in total. The van der Waals surface area contributed by atoms with Gasteiger partial charge in [-0.2, -0.15) is 5.10 Å². The van der Waals surface area contributed by atoms with Crippen LogP contribution in [0, 0.1) is 24.0 Å². The summed E-state index contributed by atoms with van der Waals surface area (Å²) >= 11 is 0. The van der Waals surface area contributed by atoms with Crippen molar-refractivity contribution >= 4 is 5.69 Å². The fraction of sp³-hybridized carbons (Fsp3) is 0.615. The molecular formula is C13H20N4O3. The van der Waals surface area contributed by atoms with Crippen LogP contribution >= 0.6 is 0 Å². The van der Waals surface area contributed by atoms with E-state index in [-0.39, 0.29) is 12.2 Å². The van der Waals surface area contributed by atoms with Gasteiger partial charge in [0.15, 0.2) is 0 Å². The Labute approximate surface area is 117 Å². The Kier molecular flexibility index (Phi) is 4.51. The first-order valence-electron chi connectivity index (χ1n) is 6.74. The van der Waals surface area contributed by atoms with Gasteiger partial charge in [0.2, 0.25) is 0 Å². The molecule has 2 N–H and O–H groups in total. The second kappa shape index (κ2) is 6.15. The zero-order chi connectivity index (χ0) is 14.7. The molecule has 0 spiro atoms. The number of hydrogen-bond donors (Lipinski definition) is 2. The van der Waals surface area contributed by atoms with Crippen LogP contribution in [-0.2, 0) is 6.54 Å². The number of nitrogens with zero attached hydrogens (tertiary/aromatic N) is 3. The minimum Gasteiger partial charge on any atom is -0.390 e. The molecule has 1 aromatic rings. The van der Waals surface area contributed by atoms with E-state index in [0.717, 1.165) is 12.8 Å². The maximum atomic E-state index is 10.9. The summed E-state index contributed by atoms with van der Waals surface area (Å²) < 4.78 is 1.51. The third kappa shape index (κ3) is 3.23. The predicted octanol–water partition coefficient (Wildman–Crippen LogP) is 1.08. The van der Waals surface area contributed by atoms with Gasteiger partial charge in [0.1, 0.15) is 11.4 Å². The molecule has 1 unspecified atom stereocenters. The molecule has 20 heavy (non-hydrogen) atoms. The van der Waals surface area contributed by atoms with Crippen molar-refractivity contribution in [3.8, 4) is 0 Å². The maximum Gasteiger partial charge on any atom is 0.312 e. The summed E-state index contributed by atoms with van der Waals surface area (Å²) in [7, 11) is 0. The molecule has 0 radical (unpaired) electrons. The second-order valence-corrected chi connectivity index (χ2v) is 5.16. The molecule has 7 heteroatoms. The van der Waals surface area contributed by atoms with Crippen LogP contribution in [0.4, 0.5) is 5.69 Å². The minimum atomic E-state index is -0.617. The summed E-state index contributed by atoms with van der Waals surface area (Å²) in [6, 6.07) is 0.388. The van der Waals surface area contributed by atoms with Crippen molar-refractivity contribution in [2.24, 2.45) is 0 Å². The van der Waals surface area contributed by atoms with Gasteiger partial charge in [0.05, 0.1) is 17.6 Å². The van der Waals surface area contributed by atoms with E-state index in [1.165, 1.54) is 4.68 Å². The minimum absolute atomic E-state index is 0.0325. The van der Waals surface area contributed by atoms with Gasteiger partial charge in [-0.1, -0.05) is 12.2 Å². The number of aliphatic hydroxyl groups excluding tert-OH is 1. The van der Waals surface area contributed by atoms with Crippen LogP contribution in [0.25, 0.3) is 0 Å². The monoisotopic (exact) mass is 280 g/mol. The van der Waals surface area contributed by atoms with Gasteiger partial charge in [0.25, 0.3) is 0 Å². The first-order chi connectivity index (χ1) is 9.49. The van der Waals surface area contributed by atoms with Crippen LogP contribution in [0.5, 0.6) is 0 Å². The third-order valence-electron chi connectivity index (χ3n) is 3.56. The Hall–Kier alpha value is -1.73. The summed E-state index contributed by atoms with van der Waals surface area (Å²) in [6.07, 6.45) is 5.59. The highest BCUT2D eigenvalue weighted by atomic mass is 16.6. The molecule has 0 amide bonds. The molecule has 0 saturated heterocycles. The molecule has 1 atom stereocenters. The first kappa shape index (κ1) is 14.7. The van der Waals surface area contributed by atoms with Crippen molar-refractivity contribution in [1.29, 1.82) is 0 Å². The van der Waals surface area contributed by atoms with E-state index in [1.807, 2.05) is 0 Å². The lowest BCUT2D eigenvalue weighted by Crippen LogP contribution is -2.36. The average Bonchev–Trinajstić information content (AvgIpc) is 2.96. The Bertz CT molecular complexity index is 516. The van der Waals surface area contributed by atoms with Crippen LogP contribution in [0.3, 0.4) is 0 Å². The fourth-order valence-corrected chi connectivity index (χ4v) is 2.48. The Morgan fingerprint density at radius 1 is 1.55 bits per heavy atom. The highest BCUT2D eigenvalue weighted by Gasteiger charge is 2.23. The van der Waals surface area contributed by atoms with E-state index in [0.29, 0.717) is 24.0 Å². The number of aliphatic hydroxyl groups is 1.